The van der Waals surface area contributed by atoms with Crippen molar-refractivity contribution >= 4 is 52.4 Å². The Balaban J connectivity index is 0.00000208. The minimum Gasteiger partial charge on any atom is -0.478 e. The molecule has 124 valence electrons. The summed E-state index contributed by atoms with van der Waals surface area (Å²) in [5, 5.41) is 15.0. The van der Waals surface area contributed by atoms with E-state index in [-0.39, 0.29) is 18.0 Å². The maximum atomic E-state index is 11.0. The number of nitrogens with one attached hydrogen (secondary N) is 1. The highest BCUT2D eigenvalue weighted by Gasteiger charge is 2.06. The predicted octanol–water partition coefficient (Wildman–Crippen LogP) is 4.86. The van der Waals surface area contributed by atoms with Gasteiger partial charge in [-0.15, -0.1) is 23.7 Å². The van der Waals surface area contributed by atoms with Crippen molar-refractivity contribution in [1.82, 2.24) is 9.97 Å². The minimum absolute atomic E-state index is 0. The number of halogens is 1. The molecule has 2 aromatic heterocycles. The smallest absolute Gasteiger partial charge is 0.335 e. The van der Waals surface area contributed by atoms with Crippen LogP contribution in [-0.2, 0) is 0 Å². The van der Waals surface area contributed by atoms with Crippen LogP contribution in [0.3, 0.4) is 0 Å². The highest BCUT2D eigenvalue weighted by Crippen LogP contribution is 2.30. The van der Waals surface area contributed by atoms with E-state index in [2.05, 4.69) is 15.3 Å². The maximum Gasteiger partial charge on any atom is 0.335 e. The normalized spacial score (nSPS) is 10.0. The molecule has 3 rings (SSSR count). The number of thiazole rings is 1. The largest absolute Gasteiger partial charge is 0.478 e. The van der Waals surface area contributed by atoms with Gasteiger partial charge in [0.25, 0.3) is 0 Å². The van der Waals surface area contributed by atoms with Gasteiger partial charge in [-0.3, -0.25) is 0 Å². The quantitative estimate of drug-likeness (QED) is 0.659. The first-order chi connectivity index (χ1) is 11.1. The van der Waals surface area contributed by atoms with Crippen molar-refractivity contribution < 1.29 is 9.90 Å². The number of pyridine rings is 1. The monoisotopic (exact) mass is 379 g/mol. The number of nitrogens with zero attached hydrogens (tertiary/aromatic N) is 2. The Morgan fingerprint density at radius 3 is 2.75 bits per heavy atom. The van der Waals surface area contributed by atoms with Gasteiger partial charge in [0.05, 0.1) is 11.3 Å². The van der Waals surface area contributed by atoms with Gasteiger partial charge in [-0.25, -0.2) is 14.8 Å². The number of aromatic carboxylic acids is 1. The number of hydrogen-bond acceptors (Lipinski definition) is 6. The van der Waals surface area contributed by atoms with Crippen LogP contribution in [-0.4, -0.2) is 21.0 Å². The second-order valence-corrected chi connectivity index (χ2v) is 6.74. The summed E-state index contributed by atoms with van der Waals surface area (Å²) in [5.41, 5.74) is 1.24. The molecular formula is C16H14ClN3O2S2. The second kappa shape index (κ2) is 8.14. The SMILES string of the molecule is Cc1csc(Nc2cc(Sc3cccc(C(=O)O)c3)ccn2)n1.Cl. The lowest BCUT2D eigenvalue weighted by atomic mass is 10.2. The minimum atomic E-state index is -0.927. The Kier molecular flexibility index (Phi) is 6.19. The zero-order chi connectivity index (χ0) is 16.2. The molecule has 2 N–H and O–H groups in total. The molecule has 0 saturated heterocycles. The van der Waals surface area contributed by atoms with Crippen molar-refractivity contribution in [2.75, 3.05) is 5.32 Å². The summed E-state index contributed by atoms with van der Waals surface area (Å²) in [5.74, 6) is -0.220. The number of benzene rings is 1. The lowest BCUT2D eigenvalue weighted by Gasteiger charge is -2.06. The van der Waals surface area contributed by atoms with E-state index in [0.717, 1.165) is 20.6 Å². The Morgan fingerprint density at radius 2 is 2.04 bits per heavy atom. The number of anilines is 2. The predicted molar refractivity (Wildman–Crippen MR) is 99.1 cm³/mol. The van der Waals surface area contributed by atoms with Gasteiger partial charge in [0.2, 0.25) is 0 Å². The molecule has 1 aromatic carbocycles. The van der Waals surface area contributed by atoms with E-state index < -0.39 is 5.97 Å². The van der Waals surface area contributed by atoms with Crippen LogP contribution in [0.25, 0.3) is 0 Å². The summed E-state index contributed by atoms with van der Waals surface area (Å²) in [6.45, 7) is 1.94. The van der Waals surface area contributed by atoms with Gasteiger partial charge < -0.3 is 10.4 Å². The molecule has 0 aliphatic heterocycles. The van der Waals surface area contributed by atoms with E-state index >= 15 is 0 Å². The van der Waals surface area contributed by atoms with Crippen molar-refractivity contribution in [3.05, 3.63) is 59.2 Å². The Hall–Kier alpha value is -2.09. The molecule has 2 heterocycles. The molecule has 8 heteroatoms. The van der Waals surface area contributed by atoms with Gasteiger partial charge in [-0.05, 0) is 37.3 Å². The molecule has 0 fully saturated rings. The van der Waals surface area contributed by atoms with Gasteiger partial charge in [0.1, 0.15) is 5.82 Å². The van der Waals surface area contributed by atoms with Crippen molar-refractivity contribution in [3.8, 4) is 0 Å². The lowest BCUT2D eigenvalue weighted by Crippen LogP contribution is -1.95. The van der Waals surface area contributed by atoms with E-state index in [4.69, 9.17) is 5.11 Å². The van der Waals surface area contributed by atoms with Crippen molar-refractivity contribution in [3.63, 3.8) is 0 Å². The Bertz CT molecular complexity index is 855. The zero-order valence-electron chi connectivity index (χ0n) is 12.6. The molecule has 0 radical (unpaired) electrons. The third-order valence-corrected chi connectivity index (χ3v) is 4.76. The van der Waals surface area contributed by atoms with Crippen LogP contribution in [0.2, 0.25) is 0 Å². The number of aromatic nitrogens is 2. The molecule has 5 nitrogen and oxygen atoms in total. The van der Waals surface area contributed by atoms with Gasteiger partial charge in [-0.2, -0.15) is 0 Å². The van der Waals surface area contributed by atoms with Gasteiger partial charge in [0.15, 0.2) is 5.13 Å². The van der Waals surface area contributed by atoms with Crippen LogP contribution in [0.15, 0.2) is 57.8 Å². The van der Waals surface area contributed by atoms with Gasteiger partial charge >= 0.3 is 5.97 Å². The van der Waals surface area contributed by atoms with Crippen LogP contribution in [0.5, 0.6) is 0 Å². The van der Waals surface area contributed by atoms with Crippen LogP contribution >= 0.6 is 35.5 Å². The average molecular weight is 380 g/mol. The molecule has 0 amide bonds. The molecule has 0 saturated carbocycles. The second-order valence-electron chi connectivity index (χ2n) is 4.73. The molecule has 0 unspecified atom stereocenters. The van der Waals surface area contributed by atoms with Gasteiger partial charge in [-0.1, -0.05) is 17.8 Å². The van der Waals surface area contributed by atoms with Gasteiger partial charge in [0, 0.05) is 21.4 Å². The number of rotatable bonds is 5. The molecule has 3 aromatic rings. The van der Waals surface area contributed by atoms with Crippen molar-refractivity contribution in [2.24, 2.45) is 0 Å². The van der Waals surface area contributed by atoms with E-state index in [1.54, 1.807) is 24.4 Å². The third kappa shape index (κ3) is 4.70. The lowest BCUT2D eigenvalue weighted by molar-refractivity contribution is 0.0696. The van der Waals surface area contributed by atoms with Crippen molar-refractivity contribution in [1.29, 1.82) is 0 Å². The summed E-state index contributed by atoms with van der Waals surface area (Å²) in [7, 11) is 0. The van der Waals surface area contributed by atoms with Crippen LogP contribution in [0, 0.1) is 6.92 Å². The number of carboxylic acids is 1. The molecule has 0 spiro atoms. The highest BCUT2D eigenvalue weighted by atomic mass is 35.5. The molecular weight excluding hydrogens is 366 g/mol. The van der Waals surface area contributed by atoms with E-state index in [1.807, 2.05) is 30.5 Å². The molecule has 0 aliphatic carbocycles. The molecule has 24 heavy (non-hydrogen) atoms. The fourth-order valence-corrected chi connectivity index (χ4v) is 3.49. The summed E-state index contributed by atoms with van der Waals surface area (Å²) in [6, 6.07) is 10.7. The fourth-order valence-electron chi connectivity index (χ4n) is 1.89. The van der Waals surface area contributed by atoms with E-state index in [0.29, 0.717) is 5.82 Å². The Morgan fingerprint density at radius 1 is 1.25 bits per heavy atom. The van der Waals surface area contributed by atoms with Crippen molar-refractivity contribution in [2.45, 2.75) is 16.7 Å². The topological polar surface area (TPSA) is 75.1 Å². The van der Waals surface area contributed by atoms with E-state index in [1.165, 1.54) is 23.1 Å². The standard InChI is InChI=1S/C16H13N3O2S2.ClH/c1-10-9-22-16(18-10)19-14-8-13(5-6-17-14)23-12-4-2-3-11(7-12)15(20)21;/h2-9H,1H3,(H,20,21)(H,17,18,19);1H. The summed E-state index contributed by atoms with van der Waals surface area (Å²) in [6.07, 6.45) is 1.71. The number of carboxylic acid groups (broad SMARTS) is 1. The molecule has 0 aliphatic rings. The van der Waals surface area contributed by atoms with Crippen LogP contribution in [0.1, 0.15) is 16.1 Å². The molecule has 0 atom stereocenters. The first-order valence-corrected chi connectivity index (χ1v) is 8.46. The average Bonchev–Trinajstić information content (AvgIpc) is 2.93. The maximum absolute atomic E-state index is 11.0. The first-order valence-electron chi connectivity index (χ1n) is 6.76. The number of aryl methyl sites for hydroxylation is 1. The number of carbonyl (C=O) groups is 1. The first kappa shape index (κ1) is 18.3. The van der Waals surface area contributed by atoms with Crippen LogP contribution in [0.4, 0.5) is 10.9 Å². The number of hydrogen-bond donors (Lipinski definition) is 2. The zero-order valence-corrected chi connectivity index (χ0v) is 15.0. The summed E-state index contributed by atoms with van der Waals surface area (Å²) in [4.78, 5) is 21.5. The third-order valence-electron chi connectivity index (χ3n) is 2.90. The fraction of sp³-hybridized carbons (Fsp3) is 0.0625. The molecule has 0 bridgehead atoms. The summed E-state index contributed by atoms with van der Waals surface area (Å²) >= 11 is 3.01. The highest BCUT2D eigenvalue weighted by molar-refractivity contribution is 7.99. The summed E-state index contributed by atoms with van der Waals surface area (Å²) < 4.78 is 0. The Labute approximate surface area is 153 Å². The van der Waals surface area contributed by atoms with E-state index in [9.17, 15) is 4.79 Å². The van der Waals surface area contributed by atoms with Crippen LogP contribution < -0.4 is 5.32 Å².